The molecule has 0 unspecified atom stereocenters. The lowest BCUT2D eigenvalue weighted by Gasteiger charge is -2.19. The molecule has 4 rings (SSSR count). The van der Waals surface area contributed by atoms with Gasteiger partial charge in [0.2, 0.25) is 10.0 Å². The Balaban J connectivity index is 1.71. The van der Waals surface area contributed by atoms with Gasteiger partial charge in [-0.25, -0.2) is 13.4 Å². The molecule has 1 aromatic carbocycles. The van der Waals surface area contributed by atoms with Crippen LogP contribution in [0.4, 0.5) is 0 Å². The maximum absolute atomic E-state index is 13.2. The summed E-state index contributed by atoms with van der Waals surface area (Å²) in [5.41, 5.74) is 2.01. The number of nitrogens with zero attached hydrogens (tertiary/aromatic N) is 4. The Hall–Kier alpha value is -3.08. The second kappa shape index (κ2) is 8.34. The number of hydrogen-bond donors (Lipinski definition) is 1. The molecule has 10 heteroatoms. The summed E-state index contributed by atoms with van der Waals surface area (Å²) >= 11 is 0. The van der Waals surface area contributed by atoms with Crippen molar-refractivity contribution in [3.05, 3.63) is 72.1 Å². The first-order chi connectivity index (χ1) is 14.5. The predicted octanol–water partition coefficient (Wildman–Crippen LogP) is 1.35. The SMILES string of the molecule is COCCN1Cc2c(C(=O)NCc3cccnc3)ncn2-c2ccccc2S1(=O)=O. The Morgan fingerprint density at radius 3 is 2.83 bits per heavy atom. The van der Waals surface area contributed by atoms with Crippen LogP contribution in [0.2, 0.25) is 0 Å². The first kappa shape index (κ1) is 20.2. The van der Waals surface area contributed by atoms with Crippen molar-refractivity contribution < 1.29 is 17.9 Å². The third kappa shape index (κ3) is 3.72. The number of aromatic nitrogens is 3. The van der Waals surface area contributed by atoms with Crippen LogP contribution < -0.4 is 5.32 Å². The van der Waals surface area contributed by atoms with E-state index in [-0.39, 0.29) is 36.2 Å². The number of sulfonamides is 1. The van der Waals surface area contributed by atoms with Crippen LogP contribution in [0.25, 0.3) is 5.69 Å². The molecule has 3 aromatic rings. The van der Waals surface area contributed by atoms with E-state index in [0.29, 0.717) is 17.9 Å². The van der Waals surface area contributed by atoms with Gasteiger partial charge in [-0.2, -0.15) is 4.31 Å². The molecular formula is C20H21N5O4S. The molecule has 1 amide bonds. The number of benzene rings is 1. The van der Waals surface area contributed by atoms with E-state index in [1.54, 1.807) is 47.3 Å². The number of methoxy groups -OCH3 is 1. The van der Waals surface area contributed by atoms with Crippen molar-refractivity contribution in [2.24, 2.45) is 0 Å². The van der Waals surface area contributed by atoms with E-state index in [4.69, 9.17) is 4.74 Å². The topological polar surface area (TPSA) is 106 Å². The Morgan fingerprint density at radius 2 is 2.07 bits per heavy atom. The van der Waals surface area contributed by atoms with Gasteiger partial charge in [0, 0.05) is 32.6 Å². The van der Waals surface area contributed by atoms with Gasteiger partial charge in [-0.05, 0) is 23.8 Å². The smallest absolute Gasteiger partial charge is 0.272 e. The number of ether oxygens (including phenoxy) is 1. The van der Waals surface area contributed by atoms with Crippen LogP contribution in [0.1, 0.15) is 21.7 Å². The Kier molecular flexibility index (Phi) is 5.62. The highest BCUT2D eigenvalue weighted by molar-refractivity contribution is 7.89. The molecule has 0 aliphatic carbocycles. The van der Waals surface area contributed by atoms with Crippen molar-refractivity contribution in [1.82, 2.24) is 24.2 Å². The zero-order valence-corrected chi connectivity index (χ0v) is 17.2. The van der Waals surface area contributed by atoms with Gasteiger partial charge in [-0.1, -0.05) is 18.2 Å². The highest BCUT2D eigenvalue weighted by atomic mass is 32.2. The molecule has 0 fully saturated rings. The summed E-state index contributed by atoms with van der Waals surface area (Å²) in [5.74, 6) is -0.379. The van der Waals surface area contributed by atoms with Crippen LogP contribution in [-0.2, 0) is 27.8 Å². The molecule has 2 aromatic heterocycles. The average Bonchev–Trinajstić information content (AvgIpc) is 3.15. The maximum atomic E-state index is 13.2. The first-order valence-corrected chi connectivity index (χ1v) is 10.8. The molecule has 156 valence electrons. The maximum Gasteiger partial charge on any atom is 0.272 e. The standard InChI is InChI=1S/C20H21N5O4S/c1-29-10-9-24-13-17-19(20(26)22-12-15-5-4-8-21-11-15)23-14-25(17)16-6-2-3-7-18(16)30(24,27)28/h2-8,11,14H,9-10,12-13H2,1H3,(H,22,26). The fourth-order valence-electron chi connectivity index (χ4n) is 3.35. The highest BCUT2D eigenvalue weighted by Crippen LogP contribution is 2.31. The summed E-state index contributed by atoms with van der Waals surface area (Å²) in [4.78, 5) is 21.4. The fraction of sp³-hybridized carbons (Fsp3) is 0.250. The number of carbonyl (C=O) groups excluding carboxylic acids is 1. The molecule has 0 bridgehead atoms. The number of para-hydroxylation sites is 1. The summed E-state index contributed by atoms with van der Waals surface area (Å²) in [5, 5.41) is 2.83. The largest absolute Gasteiger partial charge is 0.383 e. The lowest BCUT2D eigenvalue weighted by Crippen LogP contribution is -2.33. The first-order valence-electron chi connectivity index (χ1n) is 9.34. The lowest BCUT2D eigenvalue weighted by atomic mass is 10.2. The minimum Gasteiger partial charge on any atom is -0.383 e. The Bertz CT molecular complexity index is 1160. The second-order valence-corrected chi connectivity index (χ2v) is 8.66. The Morgan fingerprint density at radius 1 is 1.23 bits per heavy atom. The molecule has 0 radical (unpaired) electrons. The van der Waals surface area contributed by atoms with E-state index >= 15 is 0 Å². The third-order valence-corrected chi connectivity index (χ3v) is 6.76. The molecule has 0 saturated heterocycles. The number of hydrogen-bond acceptors (Lipinski definition) is 6. The summed E-state index contributed by atoms with van der Waals surface area (Å²) in [6.07, 6.45) is 4.82. The van der Waals surface area contributed by atoms with E-state index in [1.165, 1.54) is 17.7 Å². The lowest BCUT2D eigenvalue weighted by molar-refractivity contribution is 0.0944. The molecule has 1 aliphatic heterocycles. The number of fused-ring (bicyclic) bond motifs is 3. The summed E-state index contributed by atoms with van der Waals surface area (Å²) in [7, 11) is -2.25. The Labute approximate surface area is 174 Å². The molecule has 1 N–H and O–H groups in total. The number of imidazole rings is 1. The molecule has 0 spiro atoms. The summed E-state index contributed by atoms with van der Waals surface area (Å²) in [6, 6.07) is 10.3. The number of nitrogens with one attached hydrogen (secondary N) is 1. The van der Waals surface area contributed by atoms with E-state index in [9.17, 15) is 13.2 Å². The summed E-state index contributed by atoms with van der Waals surface area (Å²) in [6.45, 7) is 0.699. The minimum absolute atomic E-state index is 0.00994. The van der Waals surface area contributed by atoms with Crippen molar-refractivity contribution in [3.63, 3.8) is 0 Å². The predicted molar refractivity (Wildman–Crippen MR) is 108 cm³/mol. The monoisotopic (exact) mass is 427 g/mol. The highest BCUT2D eigenvalue weighted by Gasteiger charge is 2.34. The second-order valence-electron chi connectivity index (χ2n) is 6.75. The van der Waals surface area contributed by atoms with Crippen molar-refractivity contribution in [2.75, 3.05) is 20.3 Å². The van der Waals surface area contributed by atoms with Crippen LogP contribution in [0.5, 0.6) is 0 Å². The van der Waals surface area contributed by atoms with E-state index in [1.807, 2.05) is 6.07 Å². The van der Waals surface area contributed by atoms with Crippen molar-refractivity contribution in [1.29, 1.82) is 0 Å². The zero-order valence-electron chi connectivity index (χ0n) is 16.4. The minimum atomic E-state index is -3.76. The molecular weight excluding hydrogens is 406 g/mol. The van der Waals surface area contributed by atoms with Gasteiger partial charge >= 0.3 is 0 Å². The number of carbonyl (C=O) groups is 1. The van der Waals surface area contributed by atoms with Gasteiger partial charge in [-0.15, -0.1) is 0 Å². The van der Waals surface area contributed by atoms with E-state index in [0.717, 1.165) is 5.56 Å². The molecule has 0 saturated carbocycles. The van der Waals surface area contributed by atoms with E-state index in [2.05, 4.69) is 15.3 Å². The van der Waals surface area contributed by atoms with E-state index < -0.39 is 10.0 Å². The van der Waals surface area contributed by atoms with Crippen LogP contribution >= 0.6 is 0 Å². The number of rotatable bonds is 6. The van der Waals surface area contributed by atoms with Gasteiger partial charge in [0.1, 0.15) is 11.2 Å². The van der Waals surface area contributed by atoms with Crippen molar-refractivity contribution in [3.8, 4) is 5.69 Å². The molecule has 1 aliphatic rings. The van der Waals surface area contributed by atoms with Crippen LogP contribution in [0, 0.1) is 0 Å². The van der Waals surface area contributed by atoms with Gasteiger partial charge in [0.05, 0.1) is 24.5 Å². The number of amides is 1. The quantitative estimate of drug-likeness (QED) is 0.636. The molecule has 3 heterocycles. The summed E-state index contributed by atoms with van der Waals surface area (Å²) < 4.78 is 34.5. The molecule has 0 atom stereocenters. The van der Waals surface area contributed by atoms with Crippen molar-refractivity contribution >= 4 is 15.9 Å². The third-order valence-electron chi connectivity index (χ3n) is 4.87. The van der Waals surface area contributed by atoms with Gasteiger partial charge in [0.15, 0.2) is 5.69 Å². The molecule has 30 heavy (non-hydrogen) atoms. The van der Waals surface area contributed by atoms with Gasteiger partial charge in [0.25, 0.3) is 5.91 Å². The van der Waals surface area contributed by atoms with Crippen LogP contribution in [0.15, 0.2) is 60.0 Å². The van der Waals surface area contributed by atoms with Gasteiger partial charge < -0.3 is 10.1 Å². The van der Waals surface area contributed by atoms with Crippen LogP contribution in [0.3, 0.4) is 0 Å². The zero-order chi connectivity index (χ0) is 21.1. The normalized spacial score (nSPS) is 15.1. The average molecular weight is 427 g/mol. The van der Waals surface area contributed by atoms with Crippen LogP contribution in [-0.4, -0.2) is 53.4 Å². The van der Waals surface area contributed by atoms with Crippen molar-refractivity contribution in [2.45, 2.75) is 18.0 Å². The molecule has 9 nitrogen and oxygen atoms in total. The number of pyridine rings is 1. The van der Waals surface area contributed by atoms with Gasteiger partial charge in [-0.3, -0.25) is 14.3 Å². The fourth-order valence-corrected chi connectivity index (χ4v) is 4.92.